The molecule has 1 saturated carbocycles. The van der Waals surface area contributed by atoms with Crippen molar-refractivity contribution >= 4 is 33.2 Å². The van der Waals surface area contributed by atoms with Crippen LogP contribution in [0.25, 0.3) is 0 Å². The van der Waals surface area contributed by atoms with Crippen molar-refractivity contribution in [1.82, 2.24) is 4.90 Å². The van der Waals surface area contributed by atoms with Gasteiger partial charge in [-0.05, 0) is 60.7 Å². The van der Waals surface area contributed by atoms with Gasteiger partial charge in [0.1, 0.15) is 0 Å². The molecule has 0 saturated heterocycles. The van der Waals surface area contributed by atoms with E-state index < -0.39 is 10.0 Å². The minimum Gasteiger partial charge on any atom is -0.338 e. The molecule has 8 heteroatoms. The Bertz CT molecular complexity index is 1090. The van der Waals surface area contributed by atoms with Crippen LogP contribution in [0.3, 0.4) is 0 Å². The van der Waals surface area contributed by atoms with E-state index in [4.69, 9.17) is 0 Å². The summed E-state index contributed by atoms with van der Waals surface area (Å²) >= 11 is 0. The SMILES string of the molecule is CC(=O)N1CCc2cccc(S(=O)(=O)Nc3ccc(NC(=O)C4CCCC4)cc3)c2C1. The first-order valence-electron chi connectivity index (χ1n) is 10.6. The lowest BCUT2D eigenvalue weighted by molar-refractivity contribution is -0.129. The fourth-order valence-electron chi connectivity index (χ4n) is 4.33. The molecular formula is C23H27N3O4S. The van der Waals surface area contributed by atoms with Gasteiger partial charge >= 0.3 is 0 Å². The summed E-state index contributed by atoms with van der Waals surface area (Å²) in [4.78, 5) is 25.9. The molecule has 2 amide bonds. The van der Waals surface area contributed by atoms with Gasteiger partial charge in [-0.25, -0.2) is 8.42 Å². The summed E-state index contributed by atoms with van der Waals surface area (Å²) in [6, 6.07) is 11.9. The van der Waals surface area contributed by atoms with Crippen LogP contribution in [0.15, 0.2) is 47.4 Å². The summed E-state index contributed by atoms with van der Waals surface area (Å²) in [7, 11) is -3.83. The van der Waals surface area contributed by atoms with E-state index in [-0.39, 0.29) is 29.2 Å². The number of anilines is 2. The number of hydrogen-bond acceptors (Lipinski definition) is 4. The molecule has 0 atom stereocenters. The molecule has 1 aliphatic carbocycles. The van der Waals surface area contributed by atoms with Crippen LogP contribution in [0, 0.1) is 5.92 Å². The lowest BCUT2D eigenvalue weighted by Crippen LogP contribution is -2.35. The van der Waals surface area contributed by atoms with Gasteiger partial charge in [-0.2, -0.15) is 0 Å². The second-order valence-electron chi connectivity index (χ2n) is 8.24. The van der Waals surface area contributed by atoms with Crippen LogP contribution < -0.4 is 10.0 Å². The quantitative estimate of drug-likeness (QED) is 0.742. The van der Waals surface area contributed by atoms with Crippen LogP contribution in [-0.4, -0.2) is 31.7 Å². The standard InChI is InChI=1S/C23H27N3O4S/c1-16(27)26-14-13-17-7-4-8-22(21(17)15-26)31(29,30)25-20-11-9-19(10-12-20)24-23(28)18-5-2-3-6-18/h4,7-12,18,25H,2-3,5-6,13-15H2,1H3,(H,24,28). The molecule has 164 valence electrons. The summed E-state index contributed by atoms with van der Waals surface area (Å²) in [5.74, 6) is 0.0230. The van der Waals surface area contributed by atoms with Crippen LogP contribution >= 0.6 is 0 Å². The number of hydrogen-bond donors (Lipinski definition) is 2. The van der Waals surface area contributed by atoms with E-state index in [0.29, 0.717) is 29.9 Å². The smallest absolute Gasteiger partial charge is 0.262 e. The third-order valence-corrected chi connectivity index (χ3v) is 7.56. The van der Waals surface area contributed by atoms with Crippen LogP contribution in [0.4, 0.5) is 11.4 Å². The number of nitrogens with zero attached hydrogens (tertiary/aromatic N) is 1. The zero-order valence-electron chi connectivity index (χ0n) is 17.6. The summed E-state index contributed by atoms with van der Waals surface area (Å²) in [6.45, 7) is 2.37. The molecule has 31 heavy (non-hydrogen) atoms. The minimum absolute atomic E-state index is 0.0248. The zero-order chi connectivity index (χ0) is 22.0. The number of rotatable bonds is 5. The van der Waals surface area contributed by atoms with Crippen molar-refractivity contribution in [3.05, 3.63) is 53.6 Å². The van der Waals surface area contributed by atoms with Gasteiger partial charge in [-0.15, -0.1) is 0 Å². The Labute approximate surface area is 182 Å². The average Bonchev–Trinajstić information content (AvgIpc) is 3.29. The van der Waals surface area contributed by atoms with Crippen molar-refractivity contribution in [2.45, 2.75) is 50.5 Å². The first-order chi connectivity index (χ1) is 14.8. The number of carbonyl (C=O) groups excluding carboxylic acids is 2. The highest BCUT2D eigenvalue weighted by Gasteiger charge is 2.26. The molecule has 2 aromatic rings. The Balaban J connectivity index is 1.49. The molecule has 0 spiro atoms. The van der Waals surface area contributed by atoms with Gasteiger partial charge in [0.2, 0.25) is 11.8 Å². The van der Waals surface area contributed by atoms with E-state index in [1.807, 2.05) is 6.07 Å². The van der Waals surface area contributed by atoms with Crippen molar-refractivity contribution in [2.75, 3.05) is 16.6 Å². The largest absolute Gasteiger partial charge is 0.338 e. The molecule has 0 aromatic heterocycles. The Morgan fingerprint density at radius 3 is 2.35 bits per heavy atom. The monoisotopic (exact) mass is 441 g/mol. The summed E-state index contributed by atoms with van der Waals surface area (Å²) < 4.78 is 28.8. The molecule has 2 N–H and O–H groups in total. The molecule has 4 rings (SSSR count). The van der Waals surface area contributed by atoms with Crippen LogP contribution in [0.5, 0.6) is 0 Å². The minimum atomic E-state index is -3.83. The predicted octanol–water partition coefficient (Wildman–Crippen LogP) is 3.52. The summed E-state index contributed by atoms with van der Waals surface area (Å²) in [5, 5.41) is 2.91. The van der Waals surface area contributed by atoms with Crippen molar-refractivity contribution in [2.24, 2.45) is 5.92 Å². The Morgan fingerprint density at radius 2 is 1.68 bits per heavy atom. The van der Waals surface area contributed by atoms with Gasteiger partial charge in [-0.3, -0.25) is 14.3 Å². The Morgan fingerprint density at radius 1 is 1.00 bits per heavy atom. The Hall–Kier alpha value is -2.87. The molecule has 1 aliphatic heterocycles. The van der Waals surface area contributed by atoms with Gasteiger partial charge in [0.25, 0.3) is 10.0 Å². The fourth-order valence-corrected chi connectivity index (χ4v) is 5.67. The number of nitrogens with one attached hydrogen (secondary N) is 2. The van der Waals surface area contributed by atoms with Gasteiger partial charge in [0, 0.05) is 37.3 Å². The zero-order valence-corrected chi connectivity index (χ0v) is 18.4. The fraction of sp³-hybridized carbons (Fsp3) is 0.391. The number of fused-ring (bicyclic) bond motifs is 1. The molecule has 0 radical (unpaired) electrons. The van der Waals surface area contributed by atoms with E-state index in [2.05, 4.69) is 10.0 Å². The molecule has 7 nitrogen and oxygen atoms in total. The lowest BCUT2D eigenvalue weighted by Gasteiger charge is -2.29. The molecule has 2 aromatic carbocycles. The maximum absolute atomic E-state index is 13.1. The molecule has 1 heterocycles. The molecule has 0 unspecified atom stereocenters. The lowest BCUT2D eigenvalue weighted by atomic mass is 10.00. The van der Waals surface area contributed by atoms with E-state index >= 15 is 0 Å². The van der Waals surface area contributed by atoms with Crippen molar-refractivity contribution in [3.63, 3.8) is 0 Å². The van der Waals surface area contributed by atoms with E-state index in [1.54, 1.807) is 41.3 Å². The maximum atomic E-state index is 13.1. The number of carbonyl (C=O) groups is 2. The van der Waals surface area contributed by atoms with Crippen molar-refractivity contribution < 1.29 is 18.0 Å². The topological polar surface area (TPSA) is 95.6 Å². The van der Waals surface area contributed by atoms with Crippen molar-refractivity contribution in [1.29, 1.82) is 0 Å². The van der Waals surface area contributed by atoms with Gasteiger partial charge in [-0.1, -0.05) is 25.0 Å². The normalized spacial score (nSPS) is 16.6. The molecular weight excluding hydrogens is 414 g/mol. The van der Waals surface area contributed by atoms with E-state index in [0.717, 1.165) is 31.2 Å². The van der Waals surface area contributed by atoms with E-state index in [1.165, 1.54) is 6.92 Å². The maximum Gasteiger partial charge on any atom is 0.262 e. The molecule has 1 fully saturated rings. The van der Waals surface area contributed by atoms with Crippen LogP contribution in [0.1, 0.15) is 43.7 Å². The predicted molar refractivity (Wildman–Crippen MR) is 119 cm³/mol. The first-order valence-corrected chi connectivity index (χ1v) is 12.1. The summed E-state index contributed by atoms with van der Waals surface area (Å²) in [6.07, 6.45) is 4.66. The highest BCUT2D eigenvalue weighted by atomic mass is 32.2. The average molecular weight is 442 g/mol. The number of amides is 2. The highest BCUT2D eigenvalue weighted by molar-refractivity contribution is 7.92. The van der Waals surface area contributed by atoms with Gasteiger partial charge in [0.15, 0.2) is 0 Å². The third kappa shape index (κ3) is 4.74. The van der Waals surface area contributed by atoms with Gasteiger partial charge in [0.05, 0.1) is 4.90 Å². The molecule has 2 aliphatic rings. The second-order valence-corrected chi connectivity index (χ2v) is 9.89. The van der Waals surface area contributed by atoms with Crippen molar-refractivity contribution in [3.8, 4) is 0 Å². The first kappa shape index (κ1) is 21.4. The van der Waals surface area contributed by atoms with Crippen LogP contribution in [0.2, 0.25) is 0 Å². The second kappa shape index (κ2) is 8.70. The number of sulfonamides is 1. The number of benzene rings is 2. The third-order valence-electron chi connectivity index (χ3n) is 6.10. The highest BCUT2D eigenvalue weighted by Crippen LogP contribution is 2.29. The van der Waals surface area contributed by atoms with Gasteiger partial charge < -0.3 is 10.2 Å². The van der Waals surface area contributed by atoms with Crippen LogP contribution in [-0.2, 0) is 32.6 Å². The molecule has 0 bridgehead atoms. The summed E-state index contributed by atoms with van der Waals surface area (Å²) in [5.41, 5.74) is 2.67. The Kier molecular flexibility index (Phi) is 6.00. The van der Waals surface area contributed by atoms with E-state index in [9.17, 15) is 18.0 Å².